The summed E-state index contributed by atoms with van der Waals surface area (Å²) in [5.41, 5.74) is 0.907. The molecule has 0 atom stereocenters. The van der Waals surface area contributed by atoms with E-state index in [2.05, 4.69) is 26.1 Å². The molecule has 0 saturated heterocycles. The van der Waals surface area contributed by atoms with Crippen LogP contribution >= 0.6 is 15.9 Å². The first-order valence-corrected chi connectivity index (χ1v) is 5.23. The Morgan fingerprint density at radius 1 is 1.27 bits per heavy atom. The van der Waals surface area contributed by atoms with E-state index in [9.17, 15) is 0 Å². The van der Waals surface area contributed by atoms with Gasteiger partial charge in [0.05, 0.1) is 0 Å². The van der Waals surface area contributed by atoms with Crippen LogP contribution in [0.4, 0.5) is 6.01 Å². The summed E-state index contributed by atoms with van der Waals surface area (Å²) in [4.78, 5) is 1.77. The van der Waals surface area contributed by atoms with Crippen molar-refractivity contribution in [3.05, 3.63) is 28.7 Å². The standard InChI is InChI=1S/C10H10BrN3O/c1-14(2)10-13-12-9(15-10)7-4-3-5-8(11)6-7/h3-6H,1-2H3. The lowest BCUT2D eigenvalue weighted by Gasteiger charge is -2.02. The van der Waals surface area contributed by atoms with Gasteiger partial charge in [-0.2, -0.15) is 0 Å². The number of anilines is 1. The zero-order chi connectivity index (χ0) is 10.8. The summed E-state index contributed by atoms with van der Waals surface area (Å²) < 4.78 is 6.46. The van der Waals surface area contributed by atoms with Crippen LogP contribution in [-0.4, -0.2) is 24.3 Å². The highest BCUT2D eigenvalue weighted by molar-refractivity contribution is 9.10. The molecule has 2 rings (SSSR count). The van der Waals surface area contributed by atoms with Gasteiger partial charge in [-0.05, 0) is 18.2 Å². The zero-order valence-electron chi connectivity index (χ0n) is 8.44. The smallest absolute Gasteiger partial charge is 0.317 e. The molecule has 0 radical (unpaired) electrons. The SMILES string of the molecule is CN(C)c1nnc(-c2cccc(Br)c2)o1. The monoisotopic (exact) mass is 267 g/mol. The molecule has 0 aliphatic rings. The molecule has 0 unspecified atom stereocenters. The number of aromatic nitrogens is 2. The largest absolute Gasteiger partial charge is 0.403 e. The Labute approximate surface area is 96.0 Å². The predicted molar refractivity (Wildman–Crippen MR) is 61.8 cm³/mol. The molecule has 1 aromatic carbocycles. The third-order valence-electron chi connectivity index (χ3n) is 1.87. The van der Waals surface area contributed by atoms with Gasteiger partial charge in [0.2, 0.25) is 5.89 Å². The number of benzene rings is 1. The van der Waals surface area contributed by atoms with Gasteiger partial charge < -0.3 is 9.32 Å². The number of nitrogens with zero attached hydrogens (tertiary/aromatic N) is 3. The number of hydrogen-bond acceptors (Lipinski definition) is 4. The molecule has 2 aromatic rings. The Hall–Kier alpha value is -1.36. The van der Waals surface area contributed by atoms with Crippen molar-refractivity contribution in [3.63, 3.8) is 0 Å². The average molecular weight is 268 g/mol. The Kier molecular flexibility index (Phi) is 2.73. The van der Waals surface area contributed by atoms with Crippen molar-refractivity contribution in [1.82, 2.24) is 10.2 Å². The molecule has 1 heterocycles. The summed E-state index contributed by atoms with van der Waals surface area (Å²) in [6, 6.07) is 8.25. The van der Waals surface area contributed by atoms with Gasteiger partial charge in [-0.3, -0.25) is 0 Å². The molecule has 0 bridgehead atoms. The van der Waals surface area contributed by atoms with E-state index < -0.39 is 0 Å². The number of halogens is 1. The molecule has 0 N–H and O–H groups in total. The predicted octanol–water partition coefficient (Wildman–Crippen LogP) is 2.57. The molecule has 78 valence electrons. The highest BCUT2D eigenvalue weighted by atomic mass is 79.9. The van der Waals surface area contributed by atoms with Crippen molar-refractivity contribution in [1.29, 1.82) is 0 Å². The van der Waals surface area contributed by atoms with E-state index in [-0.39, 0.29) is 0 Å². The second kappa shape index (κ2) is 4.02. The van der Waals surface area contributed by atoms with E-state index >= 15 is 0 Å². The maximum atomic E-state index is 5.47. The van der Waals surface area contributed by atoms with Gasteiger partial charge in [-0.15, -0.1) is 5.10 Å². The number of rotatable bonds is 2. The summed E-state index contributed by atoms with van der Waals surface area (Å²) in [6.45, 7) is 0. The fraction of sp³-hybridized carbons (Fsp3) is 0.200. The molecule has 0 saturated carbocycles. The minimum atomic E-state index is 0.505. The lowest BCUT2D eigenvalue weighted by molar-refractivity contribution is 0.566. The molecule has 5 heteroatoms. The molecule has 0 fully saturated rings. The van der Waals surface area contributed by atoms with Gasteiger partial charge in [0.1, 0.15) is 0 Å². The Bertz CT molecular complexity index is 467. The van der Waals surface area contributed by atoms with E-state index in [0.717, 1.165) is 10.0 Å². The van der Waals surface area contributed by atoms with Crippen LogP contribution in [0.15, 0.2) is 33.2 Å². The third-order valence-corrected chi connectivity index (χ3v) is 2.36. The van der Waals surface area contributed by atoms with Crippen LogP contribution in [0, 0.1) is 0 Å². The van der Waals surface area contributed by atoms with E-state index in [1.165, 1.54) is 0 Å². The maximum absolute atomic E-state index is 5.47. The molecule has 0 aliphatic carbocycles. The van der Waals surface area contributed by atoms with E-state index in [4.69, 9.17) is 4.42 Å². The third kappa shape index (κ3) is 2.18. The first-order valence-electron chi connectivity index (χ1n) is 4.43. The van der Waals surface area contributed by atoms with E-state index in [1.807, 2.05) is 38.4 Å². The average Bonchev–Trinajstić information content (AvgIpc) is 2.66. The summed E-state index contributed by atoms with van der Waals surface area (Å²) in [5, 5.41) is 7.89. The minimum absolute atomic E-state index is 0.505. The summed E-state index contributed by atoms with van der Waals surface area (Å²) in [6.07, 6.45) is 0. The molecule has 4 nitrogen and oxygen atoms in total. The van der Waals surface area contributed by atoms with Crippen LogP contribution in [-0.2, 0) is 0 Å². The molecule has 15 heavy (non-hydrogen) atoms. The van der Waals surface area contributed by atoms with Gasteiger partial charge >= 0.3 is 6.01 Å². The summed E-state index contributed by atoms with van der Waals surface area (Å²) in [7, 11) is 3.72. The zero-order valence-corrected chi connectivity index (χ0v) is 10.0. The molecule has 0 spiro atoms. The molecule has 0 aliphatic heterocycles. The van der Waals surface area contributed by atoms with Crippen molar-refractivity contribution in [2.24, 2.45) is 0 Å². The van der Waals surface area contributed by atoms with Gasteiger partial charge in [0.15, 0.2) is 0 Å². The molecule has 1 aromatic heterocycles. The van der Waals surface area contributed by atoms with Crippen LogP contribution < -0.4 is 4.90 Å². The highest BCUT2D eigenvalue weighted by Crippen LogP contribution is 2.23. The number of hydrogen-bond donors (Lipinski definition) is 0. The van der Waals surface area contributed by atoms with Gasteiger partial charge in [0.25, 0.3) is 0 Å². The Morgan fingerprint density at radius 3 is 2.67 bits per heavy atom. The van der Waals surface area contributed by atoms with E-state index in [0.29, 0.717) is 11.9 Å². The van der Waals surface area contributed by atoms with Crippen molar-refractivity contribution in [2.45, 2.75) is 0 Å². The van der Waals surface area contributed by atoms with Gasteiger partial charge in [0, 0.05) is 24.1 Å². The van der Waals surface area contributed by atoms with Crippen LogP contribution in [0.3, 0.4) is 0 Å². The molecular formula is C10H10BrN3O. The van der Waals surface area contributed by atoms with Gasteiger partial charge in [-0.1, -0.05) is 27.1 Å². The fourth-order valence-electron chi connectivity index (χ4n) is 1.13. The van der Waals surface area contributed by atoms with Crippen molar-refractivity contribution in [2.75, 3.05) is 19.0 Å². The van der Waals surface area contributed by atoms with Gasteiger partial charge in [-0.25, -0.2) is 0 Å². The van der Waals surface area contributed by atoms with Crippen molar-refractivity contribution < 1.29 is 4.42 Å². The normalized spacial score (nSPS) is 10.3. The van der Waals surface area contributed by atoms with Crippen LogP contribution in [0.2, 0.25) is 0 Å². The summed E-state index contributed by atoms with van der Waals surface area (Å²) >= 11 is 3.39. The summed E-state index contributed by atoms with van der Waals surface area (Å²) in [5.74, 6) is 0.528. The highest BCUT2D eigenvalue weighted by Gasteiger charge is 2.09. The lowest BCUT2D eigenvalue weighted by atomic mass is 10.2. The Morgan fingerprint density at radius 2 is 2.07 bits per heavy atom. The quantitative estimate of drug-likeness (QED) is 0.839. The van der Waals surface area contributed by atoms with Crippen molar-refractivity contribution >= 4 is 21.9 Å². The second-order valence-electron chi connectivity index (χ2n) is 3.29. The molecule has 0 amide bonds. The maximum Gasteiger partial charge on any atom is 0.317 e. The first kappa shape index (κ1) is 10.2. The van der Waals surface area contributed by atoms with Crippen LogP contribution in [0.25, 0.3) is 11.5 Å². The second-order valence-corrected chi connectivity index (χ2v) is 4.21. The van der Waals surface area contributed by atoms with Crippen LogP contribution in [0.5, 0.6) is 0 Å². The minimum Gasteiger partial charge on any atom is -0.403 e. The van der Waals surface area contributed by atoms with Crippen molar-refractivity contribution in [3.8, 4) is 11.5 Å². The van der Waals surface area contributed by atoms with Crippen LogP contribution in [0.1, 0.15) is 0 Å². The fourth-order valence-corrected chi connectivity index (χ4v) is 1.53. The lowest BCUT2D eigenvalue weighted by Crippen LogP contribution is -2.08. The molecular weight excluding hydrogens is 258 g/mol. The topological polar surface area (TPSA) is 42.2 Å². The first-order chi connectivity index (χ1) is 7.16. The van der Waals surface area contributed by atoms with E-state index in [1.54, 1.807) is 4.90 Å². The Balaban J connectivity index is 2.37.